The van der Waals surface area contributed by atoms with Gasteiger partial charge in [0.2, 0.25) is 5.91 Å². The van der Waals surface area contributed by atoms with E-state index in [2.05, 4.69) is 10.6 Å². The smallest absolute Gasteiger partial charge is 0.291 e. The molecule has 2 N–H and O–H groups in total. The van der Waals surface area contributed by atoms with Crippen LogP contribution in [-0.2, 0) is 4.79 Å². The van der Waals surface area contributed by atoms with Crippen molar-refractivity contribution in [2.24, 2.45) is 0 Å². The summed E-state index contributed by atoms with van der Waals surface area (Å²) in [6, 6.07) is 14.4. The molecule has 0 unspecified atom stereocenters. The minimum Gasteiger partial charge on any atom is -0.459 e. The highest BCUT2D eigenvalue weighted by Crippen LogP contribution is 2.25. The summed E-state index contributed by atoms with van der Waals surface area (Å²) in [5, 5.41) is 6.14. The number of amides is 3. The van der Waals surface area contributed by atoms with E-state index in [-0.39, 0.29) is 18.2 Å². The van der Waals surface area contributed by atoms with Crippen LogP contribution in [0.25, 0.3) is 0 Å². The highest BCUT2D eigenvalue weighted by atomic mass is 35.5. The van der Waals surface area contributed by atoms with Crippen molar-refractivity contribution in [3.05, 3.63) is 82.2 Å². The molecule has 166 valence electrons. The predicted octanol–water partition coefficient (Wildman–Crippen LogP) is 5.33. The van der Waals surface area contributed by atoms with Crippen molar-refractivity contribution in [3.63, 3.8) is 0 Å². The standard InChI is InChI=1S/C23H21Cl2N3O4/c1-2-10-28(14-21(29)27-19-9-8-16(24)13-18(19)25)23(31)15-5-3-6-17(12-15)26-22(30)20-7-4-11-32-20/h3-9,11-13H,2,10,14H2,1H3,(H,26,30)(H,27,29). The molecule has 3 aromatic rings. The number of carbonyl (C=O) groups is 3. The fraction of sp³-hybridized carbons (Fsp3) is 0.174. The summed E-state index contributed by atoms with van der Waals surface area (Å²) in [7, 11) is 0. The van der Waals surface area contributed by atoms with Gasteiger partial charge >= 0.3 is 0 Å². The van der Waals surface area contributed by atoms with Gasteiger partial charge in [0.05, 0.1) is 17.0 Å². The van der Waals surface area contributed by atoms with E-state index < -0.39 is 11.8 Å². The van der Waals surface area contributed by atoms with Crippen molar-refractivity contribution in [1.29, 1.82) is 0 Å². The van der Waals surface area contributed by atoms with E-state index >= 15 is 0 Å². The molecule has 0 aliphatic carbocycles. The Morgan fingerprint density at radius 3 is 2.50 bits per heavy atom. The van der Waals surface area contributed by atoms with Gasteiger partial charge in [-0.25, -0.2) is 0 Å². The van der Waals surface area contributed by atoms with Gasteiger partial charge in [0.1, 0.15) is 6.54 Å². The molecule has 3 amide bonds. The first kappa shape index (κ1) is 23.4. The highest BCUT2D eigenvalue weighted by Gasteiger charge is 2.20. The number of nitrogens with zero attached hydrogens (tertiary/aromatic N) is 1. The van der Waals surface area contributed by atoms with E-state index in [0.717, 1.165) is 0 Å². The van der Waals surface area contributed by atoms with Crippen molar-refractivity contribution < 1.29 is 18.8 Å². The molecule has 1 aromatic heterocycles. The first-order valence-corrected chi connectivity index (χ1v) is 10.6. The summed E-state index contributed by atoms with van der Waals surface area (Å²) in [5.41, 5.74) is 1.19. The minimum absolute atomic E-state index is 0.158. The molecule has 3 rings (SSSR count). The van der Waals surface area contributed by atoms with Crippen LogP contribution in [0.1, 0.15) is 34.3 Å². The van der Waals surface area contributed by atoms with E-state index in [4.69, 9.17) is 27.6 Å². The summed E-state index contributed by atoms with van der Waals surface area (Å²) >= 11 is 12.0. The first-order valence-electron chi connectivity index (χ1n) is 9.86. The van der Waals surface area contributed by atoms with Crippen molar-refractivity contribution in [2.45, 2.75) is 13.3 Å². The van der Waals surface area contributed by atoms with E-state index in [1.54, 1.807) is 48.5 Å². The molecular formula is C23H21Cl2N3O4. The number of halogens is 2. The lowest BCUT2D eigenvalue weighted by molar-refractivity contribution is -0.116. The fourth-order valence-electron chi connectivity index (χ4n) is 2.99. The molecule has 32 heavy (non-hydrogen) atoms. The van der Waals surface area contributed by atoms with Gasteiger partial charge in [-0.3, -0.25) is 14.4 Å². The number of nitrogens with one attached hydrogen (secondary N) is 2. The maximum atomic E-state index is 13.1. The number of hydrogen-bond donors (Lipinski definition) is 2. The molecule has 0 aliphatic heterocycles. The maximum absolute atomic E-state index is 13.1. The molecule has 0 bridgehead atoms. The molecule has 7 nitrogen and oxygen atoms in total. The highest BCUT2D eigenvalue weighted by molar-refractivity contribution is 6.36. The number of benzene rings is 2. The Hall–Kier alpha value is -3.29. The minimum atomic E-state index is -0.427. The normalized spacial score (nSPS) is 10.5. The Morgan fingerprint density at radius 2 is 1.81 bits per heavy atom. The lowest BCUT2D eigenvalue weighted by atomic mass is 10.1. The number of anilines is 2. The van der Waals surface area contributed by atoms with Gasteiger partial charge in [-0.15, -0.1) is 0 Å². The molecule has 0 radical (unpaired) electrons. The summed E-state index contributed by atoms with van der Waals surface area (Å²) in [4.78, 5) is 39.2. The Bertz CT molecular complexity index is 1120. The number of furan rings is 1. The second-order valence-electron chi connectivity index (χ2n) is 6.91. The summed E-state index contributed by atoms with van der Waals surface area (Å²) in [6.45, 7) is 2.13. The summed E-state index contributed by atoms with van der Waals surface area (Å²) in [6.07, 6.45) is 2.06. The van der Waals surface area contributed by atoms with Crippen molar-refractivity contribution in [2.75, 3.05) is 23.7 Å². The Balaban J connectivity index is 1.70. The molecule has 0 fully saturated rings. The quantitative estimate of drug-likeness (QED) is 0.462. The van der Waals surface area contributed by atoms with Crippen LogP contribution in [0.4, 0.5) is 11.4 Å². The molecular weight excluding hydrogens is 453 g/mol. The molecule has 0 aliphatic rings. The predicted molar refractivity (Wildman–Crippen MR) is 124 cm³/mol. The van der Waals surface area contributed by atoms with E-state index in [1.807, 2.05) is 6.92 Å². The van der Waals surface area contributed by atoms with Crippen LogP contribution in [0.15, 0.2) is 65.3 Å². The summed E-state index contributed by atoms with van der Waals surface area (Å²) < 4.78 is 5.07. The molecule has 0 saturated heterocycles. The molecule has 0 atom stereocenters. The zero-order valence-electron chi connectivity index (χ0n) is 17.2. The Labute approximate surface area is 195 Å². The molecule has 0 saturated carbocycles. The second-order valence-corrected chi connectivity index (χ2v) is 7.75. The van der Waals surface area contributed by atoms with Gasteiger partial charge < -0.3 is 20.0 Å². The van der Waals surface area contributed by atoms with Crippen LogP contribution in [-0.4, -0.2) is 35.7 Å². The fourth-order valence-corrected chi connectivity index (χ4v) is 3.45. The SMILES string of the molecule is CCCN(CC(=O)Nc1ccc(Cl)cc1Cl)C(=O)c1cccc(NC(=O)c2ccco2)c1. The van der Waals surface area contributed by atoms with Crippen LogP contribution in [0.5, 0.6) is 0 Å². The van der Waals surface area contributed by atoms with Crippen molar-refractivity contribution in [3.8, 4) is 0 Å². The lowest BCUT2D eigenvalue weighted by Gasteiger charge is -2.22. The monoisotopic (exact) mass is 473 g/mol. The number of carbonyl (C=O) groups excluding carboxylic acids is 3. The van der Waals surface area contributed by atoms with Crippen molar-refractivity contribution >= 4 is 52.3 Å². The average molecular weight is 474 g/mol. The van der Waals surface area contributed by atoms with E-state index in [9.17, 15) is 14.4 Å². The zero-order valence-corrected chi connectivity index (χ0v) is 18.7. The topological polar surface area (TPSA) is 91.7 Å². The number of rotatable bonds is 8. The second kappa shape index (κ2) is 10.8. The Morgan fingerprint density at radius 1 is 1.00 bits per heavy atom. The third-order valence-electron chi connectivity index (χ3n) is 4.43. The molecule has 0 spiro atoms. The van der Waals surface area contributed by atoms with Crippen LogP contribution >= 0.6 is 23.2 Å². The maximum Gasteiger partial charge on any atom is 0.291 e. The lowest BCUT2D eigenvalue weighted by Crippen LogP contribution is -2.38. The van der Waals surface area contributed by atoms with Crippen LogP contribution in [0.3, 0.4) is 0 Å². The first-order chi connectivity index (χ1) is 15.4. The van der Waals surface area contributed by atoms with Crippen LogP contribution in [0.2, 0.25) is 10.0 Å². The van der Waals surface area contributed by atoms with Gasteiger partial charge in [-0.05, 0) is 55.0 Å². The third kappa shape index (κ3) is 6.12. The van der Waals surface area contributed by atoms with Gasteiger partial charge in [0.25, 0.3) is 11.8 Å². The molecule has 1 heterocycles. The summed E-state index contributed by atoms with van der Waals surface area (Å²) in [5.74, 6) is -0.993. The van der Waals surface area contributed by atoms with Gasteiger partial charge in [-0.2, -0.15) is 0 Å². The van der Waals surface area contributed by atoms with E-state index in [0.29, 0.717) is 39.9 Å². The zero-order chi connectivity index (χ0) is 23.1. The van der Waals surface area contributed by atoms with Crippen LogP contribution in [0, 0.1) is 0 Å². The van der Waals surface area contributed by atoms with E-state index in [1.165, 1.54) is 17.2 Å². The molecule has 9 heteroatoms. The van der Waals surface area contributed by atoms with Crippen molar-refractivity contribution in [1.82, 2.24) is 4.90 Å². The van der Waals surface area contributed by atoms with Gasteiger partial charge in [-0.1, -0.05) is 36.2 Å². The van der Waals surface area contributed by atoms with Crippen LogP contribution < -0.4 is 10.6 Å². The number of hydrogen-bond acceptors (Lipinski definition) is 4. The molecule has 2 aromatic carbocycles. The third-order valence-corrected chi connectivity index (χ3v) is 4.98. The average Bonchev–Trinajstić information content (AvgIpc) is 3.30. The van der Waals surface area contributed by atoms with Gasteiger partial charge in [0.15, 0.2) is 5.76 Å². The largest absolute Gasteiger partial charge is 0.459 e. The Kier molecular flexibility index (Phi) is 7.92. The van der Waals surface area contributed by atoms with Gasteiger partial charge in [0, 0.05) is 22.8 Å².